The lowest BCUT2D eigenvalue weighted by Gasteiger charge is -2.11. The van der Waals surface area contributed by atoms with Gasteiger partial charge in [-0.2, -0.15) is 0 Å². The number of rotatable bonds is 4. The zero-order valence-corrected chi connectivity index (χ0v) is 12.7. The third-order valence-corrected chi connectivity index (χ3v) is 4.37. The Labute approximate surface area is 127 Å². The van der Waals surface area contributed by atoms with Gasteiger partial charge in [-0.05, 0) is 24.3 Å². The van der Waals surface area contributed by atoms with Gasteiger partial charge in [0.1, 0.15) is 0 Å². The van der Waals surface area contributed by atoms with Crippen LogP contribution in [0.4, 0.5) is 5.69 Å². The van der Waals surface area contributed by atoms with Crippen molar-refractivity contribution in [3.63, 3.8) is 0 Å². The Balaban J connectivity index is 2.26. The van der Waals surface area contributed by atoms with E-state index in [0.717, 1.165) is 6.26 Å². The summed E-state index contributed by atoms with van der Waals surface area (Å²) in [6.45, 7) is 0.188. The lowest BCUT2D eigenvalue weighted by atomic mass is 10.2. The van der Waals surface area contributed by atoms with Gasteiger partial charge in [0.05, 0.1) is 15.6 Å². The molecule has 7 heteroatoms. The maximum Gasteiger partial charge on any atom is 0.175 e. The first-order valence-electron chi connectivity index (χ1n) is 6.02. The Kier molecular flexibility index (Phi) is 4.29. The van der Waals surface area contributed by atoms with Crippen LogP contribution >= 0.6 is 11.6 Å². The van der Waals surface area contributed by atoms with E-state index in [4.69, 9.17) is 11.6 Å². The van der Waals surface area contributed by atoms with Crippen molar-refractivity contribution in [2.45, 2.75) is 11.4 Å². The van der Waals surface area contributed by atoms with Crippen molar-refractivity contribution in [1.29, 1.82) is 0 Å². The van der Waals surface area contributed by atoms with Crippen LogP contribution in [0, 0.1) is 0 Å². The van der Waals surface area contributed by atoms with Crippen LogP contribution < -0.4 is 5.32 Å². The minimum Gasteiger partial charge on any atom is -0.504 e. The van der Waals surface area contributed by atoms with Crippen molar-refractivity contribution in [2.24, 2.45) is 0 Å². The summed E-state index contributed by atoms with van der Waals surface area (Å²) in [5, 5.41) is 22.4. The Bertz CT molecular complexity index is 775. The fraction of sp³-hybridized carbons (Fsp3) is 0.143. The molecule has 21 heavy (non-hydrogen) atoms. The summed E-state index contributed by atoms with van der Waals surface area (Å²) in [6.07, 6.45) is 1.11. The second kappa shape index (κ2) is 5.83. The van der Waals surface area contributed by atoms with Crippen LogP contribution in [0.15, 0.2) is 41.3 Å². The highest BCUT2D eigenvalue weighted by molar-refractivity contribution is 7.90. The number of halogens is 1. The van der Waals surface area contributed by atoms with E-state index < -0.39 is 9.84 Å². The van der Waals surface area contributed by atoms with Crippen LogP contribution in [0.5, 0.6) is 11.5 Å². The second-order valence-corrected chi connectivity index (χ2v) is 6.98. The molecule has 0 atom stereocenters. The maximum absolute atomic E-state index is 11.5. The first-order chi connectivity index (χ1) is 9.79. The third-order valence-electron chi connectivity index (χ3n) is 2.93. The number of hydrogen-bond acceptors (Lipinski definition) is 5. The molecule has 0 saturated heterocycles. The molecule has 5 nitrogen and oxygen atoms in total. The molecule has 112 valence electrons. The summed E-state index contributed by atoms with van der Waals surface area (Å²) in [5.74, 6) is -0.439. The zero-order valence-electron chi connectivity index (χ0n) is 11.2. The molecule has 2 rings (SSSR count). The fourth-order valence-electron chi connectivity index (χ4n) is 1.78. The standard InChI is InChI=1S/C14H14ClNO4S/c1-21(19,20)10-5-6-11(15)12(7-10)16-8-9-3-2-4-13(17)14(9)18/h2-7,16-18H,8H2,1H3. The van der Waals surface area contributed by atoms with Gasteiger partial charge in [-0.15, -0.1) is 0 Å². The summed E-state index contributed by atoms with van der Waals surface area (Å²) < 4.78 is 23.1. The number of phenols is 2. The molecule has 0 saturated carbocycles. The number of para-hydroxylation sites is 1. The molecule has 2 aromatic carbocycles. The lowest BCUT2D eigenvalue weighted by Crippen LogP contribution is -2.03. The maximum atomic E-state index is 11.5. The van der Waals surface area contributed by atoms with Crippen LogP contribution in [0.3, 0.4) is 0 Å². The number of sulfone groups is 1. The highest BCUT2D eigenvalue weighted by Gasteiger charge is 2.11. The van der Waals surface area contributed by atoms with E-state index in [-0.39, 0.29) is 22.9 Å². The summed E-state index contributed by atoms with van der Waals surface area (Å²) in [5.41, 5.74) is 0.901. The van der Waals surface area contributed by atoms with Crippen LogP contribution in [0.25, 0.3) is 0 Å². The molecule has 0 heterocycles. The summed E-state index contributed by atoms with van der Waals surface area (Å²) in [7, 11) is -3.33. The van der Waals surface area contributed by atoms with Crippen molar-refractivity contribution < 1.29 is 18.6 Å². The molecular formula is C14H14ClNO4S. The summed E-state index contributed by atoms with van der Waals surface area (Å²) in [6, 6.07) is 8.95. The highest BCUT2D eigenvalue weighted by Crippen LogP contribution is 2.30. The van der Waals surface area contributed by atoms with E-state index in [9.17, 15) is 18.6 Å². The molecule has 0 radical (unpaired) electrons. The quantitative estimate of drug-likeness (QED) is 0.752. The molecule has 0 fully saturated rings. The van der Waals surface area contributed by atoms with E-state index in [1.165, 1.54) is 24.3 Å². The van der Waals surface area contributed by atoms with Crippen molar-refractivity contribution in [1.82, 2.24) is 0 Å². The SMILES string of the molecule is CS(=O)(=O)c1ccc(Cl)c(NCc2cccc(O)c2O)c1. The van der Waals surface area contributed by atoms with Gasteiger partial charge in [-0.25, -0.2) is 8.42 Å². The number of anilines is 1. The van der Waals surface area contributed by atoms with E-state index in [0.29, 0.717) is 16.3 Å². The topological polar surface area (TPSA) is 86.6 Å². The number of hydrogen-bond donors (Lipinski definition) is 3. The monoisotopic (exact) mass is 327 g/mol. The predicted molar refractivity (Wildman–Crippen MR) is 81.7 cm³/mol. The van der Waals surface area contributed by atoms with Crippen LogP contribution in [0.2, 0.25) is 5.02 Å². The molecule has 0 aliphatic carbocycles. The van der Waals surface area contributed by atoms with E-state index in [1.54, 1.807) is 12.1 Å². The molecule has 0 spiro atoms. The third kappa shape index (κ3) is 3.59. The van der Waals surface area contributed by atoms with Gasteiger partial charge in [0, 0.05) is 18.4 Å². The minimum absolute atomic E-state index is 0.148. The molecule has 3 N–H and O–H groups in total. The van der Waals surface area contributed by atoms with Crippen molar-refractivity contribution in [3.8, 4) is 11.5 Å². The highest BCUT2D eigenvalue weighted by atomic mass is 35.5. The normalized spacial score (nSPS) is 11.3. The smallest absolute Gasteiger partial charge is 0.175 e. The number of nitrogens with one attached hydrogen (secondary N) is 1. The predicted octanol–water partition coefficient (Wildman–Crippen LogP) is 2.77. The van der Waals surface area contributed by atoms with Gasteiger partial charge in [-0.1, -0.05) is 23.7 Å². The molecule has 0 unspecified atom stereocenters. The summed E-state index contributed by atoms with van der Waals surface area (Å²) in [4.78, 5) is 0.148. The van der Waals surface area contributed by atoms with Gasteiger partial charge >= 0.3 is 0 Å². The van der Waals surface area contributed by atoms with Crippen LogP contribution in [-0.4, -0.2) is 24.9 Å². The average molecular weight is 328 g/mol. The molecule has 0 bridgehead atoms. The van der Waals surface area contributed by atoms with E-state index >= 15 is 0 Å². The molecule has 2 aromatic rings. The lowest BCUT2D eigenvalue weighted by molar-refractivity contribution is 0.400. The van der Waals surface area contributed by atoms with Gasteiger partial charge in [0.25, 0.3) is 0 Å². The number of phenolic OH excluding ortho intramolecular Hbond substituents is 2. The Morgan fingerprint density at radius 2 is 1.90 bits per heavy atom. The fourth-order valence-corrected chi connectivity index (χ4v) is 2.61. The minimum atomic E-state index is -3.33. The molecular weight excluding hydrogens is 314 g/mol. The van der Waals surface area contributed by atoms with Crippen LogP contribution in [-0.2, 0) is 16.4 Å². The molecule has 0 aliphatic rings. The van der Waals surface area contributed by atoms with Crippen LogP contribution in [0.1, 0.15) is 5.56 Å². The molecule has 0 aromatic heterocycles. The second-order valence-electron chi connectivity index (χ2n) is 4.55. The molecule has 0 amide bonds. The first kappa shape index (κ1) is 15.5. The number of aromatic hydroxyl groups is 2. The van der Waals surface area contributed by atoms with Gasteiger partial charge in [0.2, 0.25) is 0 Å². The Morgan fingerprint density at radius 3 is 2.57 bits per heavy atom. The van der Waals surface area contributed by atoms with E-state index in [2.05, 4.69) is 5.32 Å². The van der Waals surface area contributed by atoms with Gasteiger partial charge < -0.3 is 15.5 Å². The zero-order chi connectivity index (χ0) is 15.6. The van der Waals surface area contributed by atoms with Gasteiger partial charge in [-0.3, -0.25) is 0 Å². The Hall–Kier alpha value is -1.92. The average Bonchev–Trinajstić information content (AvgIpc) is 2.40. The van der Waals surface area contributed by atoms with Gasteiger partial charge in [0.15, 0.2) is 21.3 Å². The summed E-state index contributed by atoms with van der Waals surface area (Å²) >= 11 is 6.01. The number of benzene rings is 2. The first-order valence-corrected chi connectivity index (χ1v) is 8.29. The Morgan fingerprint density at radius 1 is 1.19 bits per heavy atom. The van der Waals surface area contributed by atoms with E-state index in [1.807, 2.05) is 0 Å². The molecule has 0 aliphatic heterocycles. The van der Waals surface area contributed by atoms with Crippen molar-refractivity contribution >= 4 is 27.1 Å². The van der Waals surface area contributed by atoms with Crippen molar-refractivity contribution in [3.05, 3.63) is 47.0 Å². The largest absolute Gasteiger partial charge is 0.504 e. The van der Waals surface area contributed by atoms with Crippen molar-refractivity contribution in [2.75, 3.05) is 11.6 Å².